The van der Waals surface area contributed by atoms with E-state index in [1.54, 1.807) is 91.9 Å². The number of amides is 8. The molecule has 2 aliphatic rings. The number of pyridine rings is 2. The summed E-state index contributed by atoms with van der Waals surface area (Å²) in [4.78, 5) is 108. The van der Waals surface area contributed by atoms with Crippen LogP contribution in [0.2, 0.25) is 5.02 Å². The fourth-order valence-corrected chi connectivity index (χ4v) is 10.8. The number of anilines is 4. The molecule has 2 aliphatic heterocycles. The monoisotopic (exact) mass is 1070 g/mol. The van der Waals surface area contributed by atoms with Gasteiger partial charge in [-0.3, -0.25) is 38.8 Å². The summed E-state index contributed by atoms with van der Waals surface area (Å²) in [6.07, 6.45) is 6.40. The molecule has 77 heavy (non-hydrogen) atoms. The number of nitrogens with two attached hydrogens (primary N) is 2. The van der Waals surface area contributed by atoms with Crippen LogP contribution in [0.15, 0.2) is 79.3 Å². The molecule has 2 fully saturated rings. The van der Waals surface area contributed by atoms with E-state index in [-0.39, 0.29) is 48.8 Å². The Balaban J connectivity index is 1.05. The molecule has 22 heteroatoms. The summed E-state index contributed by atoms with van der Waals surface area (Å²) in [5, 5.41) is 6.22. The lowest BCUT2D eigenvalue weighted by molar-refractivity contribution is -0.156. The number of β-lactam (4-membered cyclic amide) rings is 2. The van der Waals surface area contributed by atoms with E-state index in [1.807, 2.05) is 32.9 Å². The molecule has 8 amide bonds. The number of carbonyl (C=O) groups excluding carboxylic acids is 6. The number of rotatable bonds is 17. The zero-order valence-electron chi connectivity index (χ0n) is 44.5. The van der Waals surface area contributed by atoms with Gasteiger partial charge in [0.15, 0.2) is 0 Å². The van der Waals surface area contributed by atoms with Gasteiger partial charge in [0.25, 0.3) is 11.8 Å². The van der Waals surface area contributed by atoms with Gasteiger partial charge in [-0.1, -0.05) is 60.3 Å². The van der Waals surface area contributed by atoms with Crippen LogP contribution in [-0.2, 0) is 52.5 Å². The van der Waals surface area contributed by atoms with Crippen molar-refractivity contribution in [2.75, 3.05) is 35.4 Å². The van der Waals surface area contributed by atoms with Crippen molar-refractivity contribution in [2.24, 2.45) is 25.9 Å². The van der Waals surface area contributed by atoms with E-state index in [0.717, 1.165) is 20.9 Å². The summed E-state index contributed by atoms with van der Waals surface area (Å²) in [5.74, 6) is -3.69. The predicted molar refractivity (Wildman–Crippen MR) is 289 cm³/mol. The molecule has 4 aromatic heterocycles. The fourth-order valence-electron chi connectivity index (χ4n) is 10.5. The molecule has 0 bridgehead atoms. The Morgan fingerprint density at radius 3 is 1.73 bits per heavy atom. The highest BCUT2D eigenvalue weighted by atomic mass is 35.5. The minimum Gasteiger partial charge on any atom is -0.384 e. The molecule has 6 heterocycles. The van der Waals surface area contributed by atoms with Gasteiger partial charge in [-0.25, -0.2) is 33.9 Å². The number of aryl methyl sites for hydroxylation is 6. The number of likely N-dealkylation sites (N-methyl/N-ethyl adjacent to an activating group) is 2. The van der Waals surface area contributed by atoms with Gasteiger partial charge >= 0.3 is 12.1 Å². The molecule has 6 N–H and O–H groups in total. The minimum atomic E-state index is -1.29. The minimum absolute atomic E-state index is 0.0741. The summed E-state index contributed by atoms with van der Waals surface area (Å²) >= 11 is 6.85. The number of nitrogens with one attached hydrogen (secondary N) is 2. The smallest absolute Gasteiger partial charge is 0.325 e. The van der Waals surface area contributed by atoms with Gasteiger partial charge in [0.2, 0.25) is 23.7 Å². The molecule has 1 unspecified atom stereocenters. The quantitative estimate of drug-likeness (QED) is 0.0712. The molecule has 6 aromatic rings. The number of benzene rings is 2. The van der Waals surface area contributed by atoms with Crippen molar-refractivity contribution < 1.29 is 33.2 Å². The van der Waals surface area contributed by atoms with Gasteiger partial charge in [0.05, 0.1) is 30.1 Å². The largest absolute Gasteiger partial charge is 0.384 e. The van der Waals surface area contributed by atoms with Crippen molar-refractivity contribution in [3.63, 3.8) is 0 Å². The van der Waals surface area contributed by atoms with Crippen molar-refractivity contribution in [1.82, 2.24) is 49.5 Å². The highest BCUT2D eigenvalue weighted by molar-refractivity contribution is 6.31. The number of imidazole rings is 2. The summed E-state index contributed by atoms with van der Waals surface area (Å²) < 4.78 is 18.6. The Morgan fingerprint density at radius 2 is 1.22 bits per heavy atom. The first kappa shape index (κ1) is 55.0. The van der Waals surface area contributed by atoms with Crippen molar-refractivity contribution in [3.05, 3.63) is 141 Å². The molecule has 2 aromatic carbocycles. The Kier molecular flexibility index (Phi) is 16.1. The molecule has 0 saturated carbocycles. The third-order valence-electron chi connectivity index (χ3n) is 14.4. The molecular weight excluding hydrogens is 1010 g/mol. The van der Waals surface area contributed by atoms with Crippen LogP contribution in [0.25, 0.3) is 0 Å². The second kappa shape index (κ2) is 22.6. The first-order valence-corrected chi connectivity index (χ1v) is 25.7. The van der Waals surface area contributed by atoms with Crippen molar-refractivity contribution >= 4 is 70.8 Å². The fraction of sp³-hybridized carbons (Fsp3) is 0.382. The van der Waals surface area contributed by atoms with Crippen LogP contribution in [0.3, 0.4) is 0 Å². The van der Waals surface area contributed by atoms with E-state index in [1.165, 1.54) is 36.2 Å². The first-order chi connectivity index (χ1) is 36.6. The van der Waals surface area contributed by atoms with Crippen LogP contribution in [0.5, 0.6) is 0 Å². The number of nitrogens with zero attached hydrogens (tertiary/aromatic N) is 10. The number of halogens is 2. The Labute approximate surface area is 451 Å². The van der Waals surface area contributed by atoms with Gasteiger partial charge in [-0.2, -0.15) is 0 Å². The molecule has 8 rings (SSSR count). The SMILES string of the molecule is CCC[C@@H](NC(=O)N1C(=O)[C@H](Cc2cc(C)nc(N)c2)[C@H]1C(=O)N(C)c1ncc(CCC(NC(=O)N2C(=O)[C@H](Cc3cc(C)nc(N)c3)[C@H]2C(=O)N(C)c2nccn2C)c2cc(C)ccc2Cl)n1C)c1cc(C)ccc1F. The van der Waals surface area contributed by atoms with Gasteiger partial charge in [-0.05, 0) is 113 Å². The Morgan fingerprint density at radius 1 is 0.714 bits per heavy atom. The lowest BCUT2D eigenvalue weighted by Gasteiger charge is -2.46. The van der Waals surface area contributed by atoms with E-state index in [2.05, 4.69) is 30.6 Å². The van der Waals surface area contributed by atoms with E-state index in [4.69, 9.17) is 23.1 Å². The van der Waals surface area contributed by atoms with E-state index in [9.17, 15) is 28.8 Å². The van der Waals surface area contributed by atoms with Crippen LogP contribution >= 0.6 is 11.6 Å². The van der Waals surface area contributed by atoms with E-state index >= 15 is 4.39 Å². The first-order valence-electron chi connectivity index (χ1n) is 25.3. The van der Waals surface area contributed by atoms with Crippen molar-refractivity contribution in [1.29, 1.82) is 0 Å². The molecular formula is C55H64ClFN14O6. The average Bonchev–Trinajstić information content (AvgIpc) is 3.99. The highest BCUT2D eigenvalue weighted by Gasteiger charge is 2.57. The predicted octanol–water partition coefficient (Wildman–Crippen LogP) is 6.53. The molecule has 0 radical (unpaired) electrons. The summed E-state index contributed by atoms with van der Waals surface area (Å²) in [6, 6.07) is 11.1. The maximum Gasteiger partial charge on any atom is 0.325 e. The summed E-state index contributed by atoms with van der Waals surface area (Å²) in [5.41, 5.74) is 17.8. The number of nitrogen functional groups attached to an aromatic ring is 2. The van der Waals surface area contributed by atoms with Crippen LogP contribution in [0.1, 0.15) is 88.7 Å². The van der Waals surface area contributed by atoms with Gasteiger partial charge < -0.3 is 31.2 Å². The lowest BCUT2D eigenvalue weighted by atomic mass is 9.81. The number of imide groups is 2. The van der Waals surface area contributed by atoms with E-state index in [0.29, 0.717) is 57.6 Å². The average molecular weight is 1070 g/mol. The number of hydrogen-bond acceptors (Lipinski definition) is 12. The van der Waals surface area contributed by atoms with Gasteiger partial charge in [-0.15, -0.1) is 0 Å². The third-order valence-corrected chi connectivity index (χ3v) is 14.7. The number of likely N-dealkylation sites (tertiary alicyclic amines) is 2. The molecule has 6 atom stereocenters. The van der Waals surface area contributed by atoms with Gasteiger partial charge in [0, 0.05) is 68.3 Å². The normalized spacial score (nSPS) is 17.8. The number of hydrogen-bond donors (Lipinski definition) is 4. The summed E-state index contributed by atoms with van der Waals surface area (Å²) in [6.45, 7) is 9.12. The summed E-state index contributed by atoms with van der Waals surface area (Å²) in [7, 11) is 6.47. The maximum absolute atomic E-state index is 15.2. The number of carbonyl (C=O) groups is 6. The highest BCUT2D eigenvalue weighted by Crippen LogP contribution is 2.37. The number of aromatic nitrogens is 6. The maximum atomic E-state index is 15.2. The number of urea groups is 2. The molecule has 0 spiro atoms. The van der Waals surface area contributed by atoms with Crippen LogP contribution in [0, 0.1) is 45.3 Å². The second-order valence-corrected chi connectivity index (χ2v) is 20.5. The van der Waals surface area contributed by atoms with Crippen LogP contribution in [0.4, 0.5) is 37.5 Å². The van der Waals surface area contributed by atoms with Crippen LogP contribution < -0.4 is 31.9 Å². The van der Waals surface area contributed by atoms with E-state index < -0.39 is 77.5 Å². The van der Waals surface area contributed by atoms with Crippen molar-refractivity contribution in [2.45, 2.75) is 97.3 Å². The van der Waals surface area contributed by atoms with Crippen molar-refractivity contribution in [3.8, 4) is 0 Å². The zero-order valence-corrected chi connectivity index (χ0v) is 45.3. The topological polar surface area (TPSA) is 253 Å². The van der Waals surface area contributed by atoms with Gasteiger partial charge in [0.1, 0.15) is 29.5 Å². The lowest BCUT2D eigenvalue weighted by Crippen LogP contribution is -2.70. The van der Waals surface area contributed by atoms with Crippen LogP contribution in [-0.4, -0.2) is 101 Å². The molecule has 404 valence electrons. The zero-order chi connectivity index (χ0) is 55.7. The molecule has 0 aliphatic carbocycles. The standard InChI is InChI=1S/C55H64ClFN14O6/c1-10-11-42(37-21-30(3)13-16-41(37)57)64-54(76)71-47(39(49(71)73)25-34-23-32(5)63-45(59)27-34)51(75)69(9)53-61-28-35(67(53)7)14-17-43(36-20-29(2)12-15-40(36)56)65-55(77)70-46(50(74)68(8)52-60-18-19-66(52)6)38(48(70)72)24-33-22-31(4)62-44(58)26-33/h12-13,15-16,18-23,26-28,38-39,42-43,46-47H,10-11,14,17,24-25H2,1-9H3,(H2,58,62)(H2,59,63)(H,64,76)(H,65,77)/t38-,39-,42-,43?,46+,47+/m1/s1. The Hall–Kier alpha value is -8.20. The molecule has 20 nitrogen and oxygen atoms in total. The third kappa shape index (κ3) is 11.4. The molecule has 2 saturated heterocycles. The second-order valence-electron chi connectivity index (χ2n) is 20.1. The Bertz CT molecular complexity index is 3250.